The maximum Gasteiger partial charge on any atom is 0.193 e. The van der Waals surface area contributed by atoms with Crippen molar-refractivity contribution in [1.82, 2.24) is 10.2 Å². The highest BCUT2D eigenvalue weighted by Crippen LogP contribution is 2.13. The summed E-state index contributed by atoms with van der Waals surface area (Å²) >= 11 is 3.32. The summed E-state index contributed by atoms with van der Waals surface area (Å²) in [6, 6.07) is 0. The van der Waals surface area contributed by atoms with E-state index in [0.29, 0.717) is 12.5 Å². The first-order chi connectivity index (χ1) is 7.63. The molecule has 0 saturated carbocycles. The van der Waals surface area contributed by atoms with Gasteiger partial charge in [-0.2, -0.15) is 0 Å². The lowest BCUT2D eigenvalue weighted by molar-refractivity contribution is 0.181. The Hall–Kier alpha value is -0.550. The number of halogens is 1. The summed E-state index contributed by atoms with van der Waals surface area (Å²) in [6.45, 7) is 7.22. The van der Waals surface area contributed by atoms with Gasteiger partial charge in [-0.1, -0.05) is 22.5 Å². The van der Waals surface area contributed by atoms with Gasteiger partial charge in [-0.3, -0.25) is 4.99 Å². The summed E-state index contributed by atoms with van der Waals surface area (Å²) in [6.07, 6.45) is 1.15. The zero-order valence-corrected chi connectivity index (χ0v) is 11.6. The first kappa shape index (κ1) is 13.5. The van der Waals surface area contributed by atoms with E-state index in [4.69, 9.17) is 4.74 Å². The lowest BCUT2D eigenvalue weighted by atomic mass is 10.1. The molecule has 1 rings (SSSR count). The Morgan fingerprint density at radius 2 is 2.44 bits per heavy atom. The van der Waals surface area contributed by atoms with Crippen molar-refractivity contribution in [1.29, 1.82) is 0 Å². The van der Waals surface area contributed by atoms with Crippen LogP contribution in [0.5, 0.6) is 0 Å². The van der Waals surface area contributed by atoms with Crippen molar-refractivity contribution < 1.29 is 4.74 Å². The molecule has 1 aliphatic heterocycles. The van der Waals surface area contributed by atoms with Gasteiger partial charge < -0.3 is 15.0 Å². The van der Waals surface area contributed by atoms with Crippen LogP contribution in [0.3, 0.4) is 0 Å². The van der Waals surface area contributed by atoms with E-state index in [1.165, 1.54) is 0 Å². The summed E-state index contributed by atoms with van der Waals surface area (Å²) < 4.78 is 6.28. The summed E-state index contributed by atoms with van der Waals surface area (Å²) in [7, 11) is 3.84. The monoisotopic (exact) mass is 289 g/mol. The number of guanidine groups is 1. The zero-order chi connectivity index (χ0) is 12.0. The number of rotatable bonds is 4. The maximum atomic E-state index is 5.36. The van der Waals surface area contributed by atoms with E-state index in [9.17, 15) is 0 Å². The van der Waals surface area contributed by atoms with Gasteiger partial charge in [0.1, 0.15) is 0 Å². The first-order valence-corrected chi connectivity index (χ1v) is 6.25. The Morgan fingerprint density at radius 1 is 1.69 bits per heavy atom. The van der Waals surface area contributed by atoms with Crippen molar-refractivity contribution in [3.8, 4) is 0 Å². The lowest BCUT2D eigenvalue weighted by Crippen LogP contribution is -2.41. The molecule has 0 aromatic rings. The third-order valence-corrected chi connectivity index (χ3v) is 2.85. The highest BCUT2D eigenvalue weighted by Gasteiger charge is 2.18. The van der Waals surface area contributed by atoms with Crippen LogP contribution < -0.4 is 5.32 Å². The number of hydrogen-bond donors (Lipinski definition) is 1. The van der Waals surface area contributed by atoms with Crippen LogP contribution in [0.1, 0.15) is 6.42 Å². The Morgan fingerprint density at radius 3 is 2.94 bits per heavy atom. The molecule has 0 aromatic heterocycles. The Kier molecular flexibility index (Phi) is 5.84. The van der Waals surface area contributed by atoms with Crippen LogP contribution in [0.2, 0.25) is 0 Å². The highest BCUT2D eigenvalue weighted by atomic mass is 79.9. The minimum atomic E-state index is 0.621. The number of ether oxygens (including phenoxy) is 1. The number of aliphatic imine (C=N–C) groups is 1. The molecule has 1 aliphatic rings. The molecule has 1 atom stereocenters. The Balaban J connectivity index is 2.36. The molecular weight excluding hydrogens is 270 g/mol. The minimum Gasteiger partial charge on any atom is -0.381 e. The smallest absolute Gasteiger partial charge is 0.193 e. The zero-order valence-electron chi connectivity index (χ0n) is 10.0. The first-order valence-electron chi connectivity index (χ1n) is 5.46. The predicted molar refractivity (Wildman–Crippen MR) is 71.0 cm³/mol. The van der Waals surface area contributed by atoms with E-state index in [1.54, 1.807) is 7.05 Å². The van der Waals surface area contributed by atoms with E-state index < -0.39 is 0 Å². The van der Waals surface area contributed by atoms with E-state index >= 15 is 0 Å². The van der Waals surface area contributed by atoms with Crippen LogP contribution in [-0.4, -0.2) is 51.3 Å². The third-order valence-electron chi connectivity index (χ3n) is 2.57. The number of hydrogen-bond acceptors (Lipinski definition) is 2. The van der Waals surface area contributed by atoms with Crippen LogP contribution in [0.4, 0.5) is 0 Å². The second kappa shape index (κ2) is 6.91. The summed E-state index contributed by atoms with van der Waals surface area (Å²) in [5, 5.41) is 3.23. The molecule has 0 spiro atoms. The van der Waals surface area contributed by atoms with Crippen LogP contribution >= 0.6 is 15.9 Å². The molecule has 0 aliphatic carbocycles. The van der Waals surface area contributed by atoms with Crippen molar-refractivity contribution in [2.75, 3.05) is 40.4 Å². The van der Waals surface area contributed by atoms with Gasteiger partial charge in [0, 0.05) is 44.2 Å². The van der Waals surface area contributed by atoms with Crippen LogP contribution in [0, 0.1) is 5.92 Å². The second-order valence-electron chi connectivity index (χ2n) is 4.03. The van der Waals surface area contributed by atoms with E-state index in [1.807, 2.05) is 7.05 Å². The van der Waals surface area contributed by atoms with Crippen molar-refractivity contribution in [3.63, 3.8) is 0 Å². The van der Waals surface area contributed by atoms with Gasteiger partial charge in [0.25, 0.3) is 0 Å². The fraction of sp³-hybridized carbons (Fsp3) is 0.727. The summed E-state index contributed by atoms with van der Waals surface area (Å²) in [5.41, 5.74) is 0. The highest BCUT2D eigenvalue weighted by molar-refractivity contribution is 9.11. The Bertz CT molecular complexity index is 262. The summed E-state index contributed by atoms with van der Waals surface area (Å²) in [4.78, 5) is 6.36. The van der Waals surface area contributed by atoms with Gasteiger partial charge >= 0.3 is 0 Å². The van der Waals surface area contributed by atoms with Crippen molar-refractivity contribution in [2.24, 2.45) is 10.9 Å². The van der Waals surface area contributed by atoms with Crippen molar-refractivity contribution >= 4 is 21.9 Å². The van der Waals surface area contributed by atoms with E-state index in [0.717, 1.165) is 36.6 Å². The van der Waals surface area contributed by atoms with Gasteiger partial charge in [0.05, 0.1) is 6.61 Å². The molecule has 16 heavy (non-hydrogen) atoms. The van der Waals surface area contributed by atoms with Crippen molar-refractivity contribution in [2.45, 2.75) is 6.42 Å². The molecule has 5 heteroatoms. The van der Waals surface area contributed by atoms with Crippen LogP contribution in [0.15, 0.2) is 16.1 Å². The quantitative estimate of drug-likeness (QED) is 0.629. The third kappa shape index (κ3) is 4.53. The lowest BCUT2D eigenvalue weighted by Gasteiger charge is -2.24. The molecular formula is C11H20BrN3O. The largest absolute Gasteiger partial charge is 0.381 e. The van der Waals surface area contributed by atoms with E-state index in [2.05, 4.69) is 37.7 Å². The van der Waals surface area contributed by atoms with Crippen molar-refractivity contribution in [3.05, 3.63) is 11.1 Å². The van der Waals surface area contributed by atoms with Gasteiger partial charge in [0.15, 0.2) is 5.96 Å². The van der Waals surface area contributed by atoms with Gasteiger partial charge in [-0.15, -0.1) is 0 Å². The number of nitrogens with one attached hydrogen (secondary N) is 1. The van der Waals surface area contributed by atoms with Gasteiger partial charge in [-0.25, -0.2) is 0 Å². The average molecular weight is 290 g/mol. The number of nitrogens with zero attached hydrogens (tertiary/aromatic N) is 2. The average Bonchev–Trinajstić information content (AvgIpc) is 2.71. The molecule has 0 amide bonds. The molecule has 1 fully saturated rings. The molecule has 0 bridgehead atoms. The summed E-state index contributed by atoms with van der Waals surface area (Å²) in [5.74, 6) is 1.52. The molecule has 0 aromatic carbocycles. The SMILES string of the molecule is C=C(Br)CNC(=NC)N(C)CC1CCOC1. The molecule has 0 radical (unpaired) electrons. The molecule has 1 heterocycles. The maximum absolute atomic E-state index is 5.36. The molecule has 1 saturated heterocycles. The minimum absolute atomic E-state index is 0.621. The van der Waals surface area contributed by atoms with Crippen LogP contribution in [-0.2, 0) is 4.74 Å². The topological polar surface area (TPSA) is 36.9 Å². The van der Waals surface area contributed by atoms with E-state index in [-0.39, 0.29) is 0 Å². The predicted octanol–water partition coefficient (Wildman–Crippen LogP) is 1.44. The Labute approximate surface area is 106 Å². The second-order valence-corrected chi connectivity index (χ2v) is 5.15. The molecule has 4 nitrogen and oxygen atoms in total. The fourth-order valence-electron chi connectivity index (χ4n) is 1.76. The molecule has 1 unspecified atom stereocenters. The van der Waals surface area contributed by atoms with Gasteiger partial charge in [0.2, 0.25) is 0 Å². The molecule has 1 N–H and O–H groups in total. The molecule has 92 valence electrons. The van der Waals surface area contributed by atoms with Gasteiger partial charge in [-0.05, 0) is 6.42 Å². The standard InChI is InChI=1S/C11H20BrN3O/c1-9(12)6-14-11(13-2)15(3)7-10-4-5-16-8-10/h10H,1,4-8H2,2-3H3,(H,13,14). The fourth-order valence-corrected chi connectivity index (χ4v) is 1.90. The van der Waals surface area contributed by atoms with Crippen LogP contribution in [0.25, 0.3) is 0 Å². The normalized spacial score (nSPS) is 20.9.